The predicted octanol–water partition coefficient (Wildman–Crippen LogP) is 1.32. The zero-order valence-electron chi connectivity index (χ0n) is 5.92. The quantitative estimate of drug-likeness (QED) is 0.585. The fraction of sp³-hybridized carbons (Fsp3) is 1.00. The summed E-state index contributed by atoms with van der Waals surface area (Å²) in [6.45, 7) is 0. The van der Waals surface area contributed by atoms with Gasteiger partial charge in [-0.1, -0.05) is 0 Å². The van der Waals surface area contributed by atoms with Crippen LogP contribution in [0.5, 0.6) is 0 Å². The Balaban J connectivity index is 4.66. The van der Waals surface area contributed by atoms with Gasteiger partial charge in [0.1, 0.15) is 5.92 Å². The summed E-state index contributed by atoms with van der Waals surface area (Å²) in [7, 11) is -5.05. The molecule has 9 heteroatoms. The molecule has 0 aromatic rings. The number of hydrogen-bond donors (Lipinski definition) is 1. The molecule has 0 rings (SSSR count). The normalized spacial score (nSPS) is 16.2. The minimum absolute atomic E-state index is 2.02. The van der Waals surface area contributed by atoms with Crippen molar-refractivity contribution in [3.8, 4) is 0 Å². The van der Waals surface area contributed by atoms with Gasteiger partial charge in [-0.3, -0.25) is 4.55 Å². The maximum absolute atomic E-state index is 11.6. The van der Waals surface area contributed by atoms with Crippen LogP contribution in [-0.4, -0.2) is 31.3 Å². The second-order valence-electron chi connectivity index (χ2n) is 2.23. The van der Waals surface area contributed by atoms with Crippen LogP contribution in [-0.2, 0) is 10.1 Å². The van der Waals surface area contributed by atoms with Crippen LogP contribution in [0.15, 0.2) is 0 Å². The van der Waals surface area contributed by atoms with Crippen molar-refractivity contribution in [2.45, 2.75) is 12.6 Å². The molecule has 0 radical (unpaired) electrons. The molecule has 0 heterocycles. The lowest BCUT2D eigenvalue weighted by Gasteiger charge is -2.17. The van der Waals surface area contributed by atoms with Gasteiger partial charge in [0.25, 0.3) is 16.5 Å². The van der Waals surface area contributed by atoms with Crippen molar-refractivity contribution in [1.29, 1.82) is 0 Å². The Labute approximate surface area is 70.3 Å². The first-order chi connectivity index (χ1) is 5.54. The molecule has 1 atom stereocenters. The SMILES string of the molecule is O=S(=O)(O)CC(C(F)F)C(F)(F)F. The molecule has 0 amide bonds. The Morgan fingerprint density at radius 2 is 1.62 bits per heavy atom. The summed E-state index contributed by atoms with van der Waals surface area (Å²) in [4.78, 5) is 0. The van der Waals surface area contributed by atoms with Gasteiger partial charge in [0, 0.05) is 0 Å². The molecule has 0 aromatic carbocycles. The van der Waals surface area contributed by atoms with E-state index in [2.05, 4.69) is 0 Å². The first-order valence-corrected chi connectivity index (χ1v) is 4.45. The maximum Gasteiger partial charge on any atom is 0.398 e. The van der Waals surface area contributed by atoms with E-state index in [0.717, 1.165) is 0 Å². The molecular formula is C4H5F5O3S. The Hall–Kier alpha value is -0.440. The van der Waals surface area contributed by atoms with Crippen LogP contribution in [0.1, 0.15) is 0 Å². The number of hydrogen-bond acceptors (Lipinski definition) is 2. The van der Waals surface area contributed by atoms with Gasteiger partial charge in [0.05, 0.1) is 5.75 Å². The van der Waals surface area contributed by atoms with E-state index >= 15 is 0 Å². The summed E-state index contributed by atoms with van der Waals surface area (Å²) >= 11 is 0. The molecule has 0 bridgehead atoms. The fourth-order valence-corrected chi connectivity index (χ4v) is 1.33. The van der Waals surface area contributed by atoms with E-state index in [4.69, 9.17) is 4.55 Å². The van der Waals surface area contributed by atoms with Crippen molar-refractivity contribution in [2.24, 2.45) is 5.92 Å². The van der Waals surface area contributed by atoms with Crippen molar-refractivity contribution >= 4 is 10.1 Å². The van der Waals surface area contributed by atoms with Crippen molar-refractivity contribution < 1.29 is 34.9 Å². The van der Waals surface area contributed by atoms with Crippen LogP contribution in [0.25, 0.3) is 0 Å². The lowest BCUT2D eigenvalue weighted by molar-refractivity contribution is -0.199. The highest BCUT2D eigenvalue weighted by Crippen LogP contribution is 2.31. The topological polar surface area (TPSA) is 54.4 Å². The van der Waals surface area contributed by atoms with Crippen LogP contribution in [0.3, 0.4) is 0 Å². The molecule has 0 aliphatic carbocycles. The zero-order chi connectivity index (χ0) is 10.9. The van der Waals surface area contributed by atoms with E-state index in [1.54, 1.807) is 0 Å². The van der Waals surface area contributed by atoms with Gasteiger partial charge in [0.15, 0.2) is 0 Å². The Morgan fingerprint density at radius 1 is 1.23 bits per heavy atom. The predicted molar refractivity (Wildman–Crippen MR) is 32.0 cm³/mol. The van der Waals surface area contributed by atoms with Gasteiger partial charge in [-0.25, -0.2) is 8.78 Å². The van der Waals surface area contributed by atoms with Crippen LogP contribution < -0.4 is 0 Å². The Morgan fingerprint density at radius 3 is 1.69 bits per heavy atom. The zero-order valence-corrected chi connectivity index (χ0v) is 6.74. The summed E-state index contributed by atoms with van der Waals surface area (Å²) in [5.41, 5.74) is 0. The molecule has 0 saturated heterocycles. The molecule has 13 heavy (non-hydrogen) atoms. The van der Waals surface area contributed by atoms with Crippen LogP contribution in [0, 0.1) is 5.92 Å². The molecule has 1 unspecified atom stereocenters. The standard InChI is InChI=1S/C4H5F5O3S/c5-3(6)2(4(7,8)9)1-13(10,11)12/h2-3H,1H2,(H,10,11,12). The molecule has 1 N–H and O–H groups in total. The number of alkyl halides is 5. The lowest BCUT2D eigenvalue weighted by Crippen LogP contribution is -2.35. The summed E-state index contributed by atoms with van der Waals surface area (Å²) in [5, 5.41) is 0. The number of halogens is 5. The van der Waals surface area contributed by atoms with Crippen LogP contribution in [0.2, 0.25) is 0 Å². The lowest BCUT2D eigenvalue weighted by atomic mass is 10.2. The van der Waals surface area contributed by atoms with Crippen molar-refractivity contribution in [2.75, 3.05) is 5.75 Å². The van der Waals surface area contributed by atoms with Gasteiger partial charge >= 0.3 is 6.18 Å². The van der Waals surface area contributed by atoms with Crippen molar-refractivity contribution in [3.63, 3.8) is 0 Å². The van der Waals surface area contributed by atoms with E-state index in [9.17, 15) is 30.4 Å². The summed E-state index contributed by atoms with van der Waals surface area (Å²) < 4.78 is 86.0. The molecule has 0 fully saturated rings. The summed E-state index contributed by atoms with van der Waals surface area (Å²) in [6.07, 6.45) is -9.22. The van der Waals surface area contributed by atoms with Gasteiger partial charge in [-0.2, -0.15) is 21.6 Å². The average Bonchev–Trinajstić information content (AvgIpc) is 1.77. The highest BCUT2D eigenvalue weighted by atomic mass is 32.2. The fourth-order valence-electron chi connectivity index (χ4n) is 0.537. The van der Waals surface area contributed by atoms with Crippen LogP contribution >= 0.6 is 0 Å². The van der Waals surface area contributed by atoms with Gasteiger partial charge in [0.2, 0.25) is 0 Å². The van der Waals surface area contributed by atoms with E-state index in [1.807, 2.05) is 0 Å². The number of rotatable bonds is 3. The Bertz CT molecular complexity index is 255. The van der Waals surface area contributed by atoms with E-state index < -0.39 is 34.4 Å². The second kappa shape index (κ2) is 3.74. The van der Waals surface area contributed by atoms with Crippen LogP contribution in [0.4, 0.5) is 22.0 Å². The van der Waals surface area contributed by atoms with Gasteiger partial charge in [-0.05, 0) is 0 Å². The molecule has 0 aromatic heterocycles. The minimum atomic E-state index is -5.34. The van der Waals surface area contributed by atoms with E-state index in [-0.39, 0.29) is 0 Å². The second-order valence-corrected chi connectivity index (χ2v) is 3.73. The third-order valence-electron chi connectivity index (χ3n) is 1.11. The third kappa shape index (κ3) is 4.98. The highest BCUT2D eigenvalue weighted by Gasteiger charge is 2.48. The first kappa shape index (κ1) is 12.6. The first-order valence-electron chi connectivity index (χ1n) is 2.84. The molecule has 3 nitrogen and oxygen atoms in total. The molecule has 80 valence electrons. The minimum Gasteiger partial charge on any atom is -0.286 e. The monoisotopic (exact) mass is 228 g/mol. The summed E-state index contributed by atoms with van der Waals surface area (Å²) in [6, 6.07) is 0. The van der Waals surface area contributed by atoms with Gasteiger partial charge < -0.3 is 0 Å². The largest absolute Gasteiger partial charge is 0.398 e. The molecule has 0 saturated carbocycles. The Kier molecular flexibility index (Phi) is 3.62. The van der Waals surface area contributed by atoms with E-state index in [1.165, 1.54) is 0 Å². The third-order valence-corrected chi connectivity index (χ3v) is 1.90. The van der Waals surface area contributed by atoms with E-state index in [0.29, 0.717) is 0 Å². The van der Waals surface area contributed by atoms with Gasteiger partial charge in [-0.15, -0.1) is 0 Å². The average molecular weight is 228 g/mol. The smallest absolute Gasteiger partial charge is 0.286 e. The molecule has 0 aliphatic rings. The molecule has 0 aliphatic heterocycles. The molecular weight excluding hydrogens is 223 g/mol. The highest BCUT2D eigenvalue weighted by molar-refractivity contribution is 7.85. The maximum atomic E-state index is 11.6. The summed E-state index contributed by atoms with van der Waals surface area (Å²) in [5.74, 6) is -5.36. The molecule has 0 spiro atoms. The van der Waals surface area contributed by atoms with Crippen molar-refractivity contribution in [1.82, 2.24) is 0 Å². The van der Waals surface area contributed by atoms with Crippen molar-refractivity contribution in [3.05, 3.63) is 0 Å².